The molecule has 1 N–H and O–H groups in total. The van der Waals surface area contributed by atoms with Crippen molar-refractivity contribution < 1.29 is 13.6 Å². The lowest BCUT2D eigenvalue weighted by Crippen LogP contribution is -2.23. The van der Waals surface area contributed by atoms with Crippen LogP contribution in [0.25, 0.3) is 0 Å². The molecule has 5 heteroatoms. The van der Waals surface area contributed by atoms with Crippen molar-refractivity contribution in [2.75, 3.05) is 0 Å². The predicted molar refractivity (Wildman–Crippen MR) is 73.7 cm³/mol. The molecule has 0 spiro atoms. The van der Waals surface area contributed by atoms with Crippen LogP contribution in [0.1, 0.15) is 21.5 Å². The molecular weight excluding hydrogens is 284 g/mol. The lowest BCUT2D eigenvalue weighted by Gasteiger charge is -2.08. The molecule has 0 radical (unpaired) electrons. The van der Waals surface area contributed by atoms with E-state index in [9.17, 15) is 13.6 Å². The van der Waals surface area contributed by atoms with E-state index in [1.54, 1.807) is 13.0 Å². The second-order valence-corrected chi connectivity index (χ2v) is 4.79. The predicted octanol–water partition coefficient (Wildman–Crippen LogP) is 3.86. The van der Waals surface area contributed by atoms with Gasteiger partial charge in [0.05, 0.1) is 0 Å². The highest BCUT2D eigenvalue weighted by molar-refractivity contribution is 6.31. The number of amides is 1. The molecule has 20 heavy (non-hydrogen) atoms. The lowest BCUT2D eigenvalue weighted by molar-refractivity contribution is 0.0950. The Morgan fingerprint density at radius 1 is 1.20 bits per heavy atom. The Kier molecular flexibility index (Phi) is 4.35. The Hall–Kier alpha value is -1.94. The van der Waals surface area contributed by atoms with Crippen LogP contribution in [0.5, 0.6) is 0 Å². The van der Waals surface area contributed by atoms with Crippen LogP contribution in [-0.2, 0) is 6.54 Å². The molecule has 0 bridgehead atoms. The SMILES string of the molecule is Cc1ccc(C(=O)NCc2ccc(F)cc2Cl)cc1F. The highest BCUT2D eigenvalue weighted by Gasteiger charge is 2.09. The molecule has 0 saturated carbocycles. The molecule has 0 aliphatic carbocycles. The molecule has 2 nitrogen and oxygen atoms in total. The molecule has 2 aromatic rings. The molecule has 1 amide bonds. The first kappa shape index (κ1) is 14.5. The van der Waals surface area contributed by atoms with Crippen LogP contribution in [0, 0.1) is 18.6 Å². The van der Waals surface area contributed by atoms with Gasteiger partial charge >= 0.3 is 0 Å². The van der Waals surface area contributed by atoms with Gasteiger partial charge in [0.2, 0.25) is 0 Å². The maximum Gasteiger partial charge on any atom is 0.251 e. The molecule has 2 aromatic carbocycles. The average Bonchev–Trinajstić information content (AvgIpc) is 2.40. The van der Waals surface area contributed by atoms with Crippen LogP contribution >= 0.6 is 11.6 Å². The Morgan fingerprint density at radius 3 is 2.60 bits per heavy atom. The van der Waals surface area contributed by atoms with Gasteiger partial charge in [-0.05, 0) is 42.3 Å². The normalized spacial score (nSPS) is 10.4. The largest absolute Gasteiger partial charge is 0.348 e. The molecule has 0 heterocycles. The Morgan fingerprint density at radius 2 is 1.95 bits per heavy atom. The summed E-state index contributed by atoms with van der Waals surface area (Å²) >= 11 is 5.85. The van der Waals surface area contributed by atoms with E-state index >= 15 is 0 Å². The number of aryl methyl sites for hydroxylation is 1. The Labute approximate surface area is 120 Å². The molecule has 0 atom stereocenters. The van der Waals surface area contributed by atoms with Gasteiger partial charge in [-0.3, -0.25) is 4.79 Å². The number of carbonyl (C=O) groups is 1. The number of halogens is 3. The van der Waals surface area contributed by atoms with Crippen molar-refractivity contribution in [3.05, 3.63) is 69.7 Å². The zero-order chi connectivity index (χ0) is 14.7. The highest BCUT2D eigenvalue weighted by Crippen LogP contribution is 2.17. The van der Waals surface area contributed by atoms with Gasteiger partial charge in [0, 0.05) is 17.1 Å². The smallest absolute Gasteiger partial charge is 0.251 e. The lowest BCUT2D eigenvalue weighted by atomic mass is 10.1. The molecule has 0 unspecified atom stereocenters. The minimum Gasteiger partial charge on any atom is -0.348 e. The van der Waals surface area contributed by atoms with Gasteiger partial charge in [-0.2, -0.15) is 0 Å². The summed E-state index contributed by atoms with van der Waals surface area (Å²) < 4.78 is 26.2. The van der Waals surface area contributed by atoms with Gasteiger partial charge in [0.25, 0.3) is 5.91 Å². The summed E-state index contributed by atoms with van der Waals surface area (Å²) in [4.78, 5) is 11.9. The fraction of sp³-hybridized carbons (Fsp3) is 0.133. The van der Waals surface area contributed by atoms with Crippen LogP contribution < -0.4 is 5.32 Å². The van der Waals surface area contributed by atoms with Crippen molar-refractivity contribution in [2.45, 2.75) is 13.5 Å². The van der Waals surface area contributed by atoms with E-state index in [1.807, 2.05) is 0 Å². The molecular formula is C15H12ClF2NO. The zero-order valence-electron chi connectivity index (χ0n) is 10.7. The van der Waals surface area contributed by atoms with E-state index < -0.39 is 17.5 Å². The number of rotatable bonds is 3. The van der Waals surface area contributed by atoms with E-state index in [-0.39, 0.29) is 17.1 Å². The monoisotopic (exact) mass is 295 g/mol. The van der Waals surface area contributed by atoms with Crippen LogP contribution in [0.2, 0.25) is 5.02 Å². The molecule has 0 saturated heterocycles. The standard InChI is InChI=1S/C15H12ClF2NO/c1-9-2-3-10(6-14(9)18)15(20)19-8-11-4-5-12(17)7-13(11)16/h2-7H,8H2,1H3,(H,19,20). The molecule has 0 aliphatic rings. The second-order valence-electron chi connectivity index (χ2n) is 4.38. The minimum atomic E-state index is -0.439. The summed E-state index contributed by atoms with van der Waals surface area (Å²) in [6.07, 6.45) is 0. The van der Waals surface area contributed by atoms with E-state index in [0.29, 0.717) is 11.1 Å². The summed E-state index contributed by atoms with van der Waals surface area (Å²) in [6, 6.07) is 8.19. The number of benzene rings is 2. The Bertz CT molecular complexity index is 658. The summed E-state index contributed by atoms with van der Waals surface area (Å²) in [6.45, 7) is 1.77. The van der Waals surface area contributed by atoms with Crippen molar-refractivity contribution in [3.63, 3.8) is 0 Å². The average molecular weight is 296 g/mol. The summed E-state index contributed by atoms with van der Waals surface area (Å²) in [5.74, 6) is -1.28. The molecule has 0 aliphatic heterocycles. The fourth-order valence-corrected chi connectivity index (χ4v) is 1.91. The number of nitrogens with one attached hydrogen (secondary N) is 1. The summed E-state index contributed by atoms with van der Waals surface area (Å²) in [7, 11) is 0. The van der Waals surface area contributed by atoms with E-state index in [1.165, 1.54) is 30.3 Å². The molecule has 104 valence electrons. The van der Waals surface area contributed by atoms with Gasteiger partial charge in [-0.1, -0.05) is 23.7 Å². The third-order valence-corrected chi connectivity index (χ3v) is 3.24. The topological polar surface area (TPSA) is 29.1 Å². The van der Waals surface area contributed by atoms with Gasteiger partial charge < -0.3 is 5.32 Å². The van der Waals surface area contributed by atoms with Gasteiger partial charge in [-0.25, -0.2) is 8.78 Å². The minimum absolute atomic E-state index is 0.146. The van der Waals surface area contributed by atoms with E-state index in [2.05, 4.69) is 5.32 Å². The first-order valence-corrected chi connectivity index (χ1v) is 6.33. The zero-order valence-corrected chi connectivity index (χ0v) is 11.5. The van der Waals surface area contributed by atoms with Gasteiger partial charge in [0.15, 0.2) is 0 Å². The molecule has 2 rings (SSSR count). The van der Waals surface area contributed by atoms with Gasteiger partial charge in [-0.15, -0.1) is 0 Å². The molecule has 0 aromatic heterocycles. The highest BCUT2D eigenvalue weighted by atomic mass is 35.5. The quantitative estimate of drug-likeness (QED) is 0.915. The van der Waals surface area contributed by atoms with Crippen LogP contribution in [0.4, 0.5) is 8.78 Å². The number of hydrogen-bond donors (Lipinski definition) is 1. The molecule has 0 fully saturated rings. The van der Waals surface area contributed by atoms with Crippen LogP contribution in [-0.4, -0.2) is 5.91 Å². The van der Waals surface area contributed by atoms with Crippen molar-refractivity contribution in [1.29, 1.82) is 0 Å². The summed E-state index contributed by atoms with van der Waals surface area (Å²) in [5.41, 5.74) is 1.29. The second kappa shape index (κ2) is 6.01. The fourth-order valence-electron chi connectivity index (χ4n) is 1.68. The number of carbonyl (C=O) groups excluding carboxylic acids is 1. The van der Waals surface area contributed by atoms with Crippen LogP contribution in [0.15, 0.2) is 36.4 Å². The third-order valence-electron chi connectivity index (χ3n) is 2.89. The third kappa shape index (κ3) is 3.33. The van der Waals surface area contributed by atoms with Crippen molar-refractivity contribution in [3.8, 4) is 0 Å². The van der Waals surface area contributed by atoms with Gasteiger partial charge in [0.1, 0.15) is 11.6 Å². The van der Waals surface area contributed by atoms with E-state index in [0.717, 1.165) is 0 Å². The summed E-state index contributed by atoms with van der Waals surface area (Å²) in [5, 5.41) is 2.85. The van der Waals surface area contributed by atoms with Crippen molar-refractivity contribution in [2.24, 2.45) is 0 Å². The van der Waals surface area contributed by atoms with Crippen LogP contribution in [0.3, 0.4) is 0 Å². The Balaban J connectivity index is 2.06. The number of hydrogen-bond acceptors (Lipinski definition) is 1. The van der Waals surface area contributed by atoms with Crippen molar-refractivity contribution >= 4 is 17.5 Å². The van der Waals surface area contributed by atoms with E-state index in [4.69, 9.17) is 11.6 Å². The maximum atomic E-state index is 13.4. The first-order valence-electron chi connectivity index (χ1n) is 5.95. The van der Waals surface area contributed by atoms with Crippen molar-refractivity contribution in [1.82, 2.24) is 5.32 Å². The maximum absolute atomic E-state index is 13.4. The first-order chi connectivity index (χ1) is 9.47.